The minimum absolute atomic E-state index is 0.161. The van der Waals surface area contributed by atoms with Gasteiger partial charge >= 0.3 is 0 Å². The third-order valence-electron chi connectivity index (χ3n) is 3.26. The van der Waals surface area contributed by atoms with Crippen LogP contribution in [-0.2, 0) is 6.54 Å². The van der Waals surface area contributed by atoms with Gasteiger partial charge in [0, 0.05) is 17.1 Å². The molecular formula is C16H18BrNO2. The maximum absolute atomic E-state index is 9.61. The summed E-state index contributed by atoms with van der Waals surface area (Å²) in [5.74, 6) is 0.659. The van der Waals surface area contributed by atoms with Gasteiger partial charge in [0.1, 0.15) is 0 Å². The molecule has 0 bridgehead atoms. The van der Waals surface area contributed by atoms with Crippen LogP contribution in [-0.4, -0.2) is 12.2 Å². The van der Waals surface area contributed by atoms with E-state index >= 15 is 0 Å². The monoisotopic (exact) mass is 335 g/mol. The molecule has 2 rings (SSSR count). The highest BCUT2D eigenvalue weighted by molar-refractivity contribution is 9.10. The van der Waals surface area contributed by atoms with E-state index in [9.17, 15) is 5.11 Å². The Morgan fingerprint density at radius 2 is 2.00 bits per heavy atom. The minimum Gasteiger partial charge on any atom is -0.504 e. The summed E-state index contributed by atoms with van der Waals surface area (Å²) in [7, 11) is 1.55. The molecule has 0 spiro atoms. The largest absolute Gasteiger partial charge is 0.504 e. The van der Waals surface area contributed by atoms with E-state index in [1.165, 1.54) is 5.56 Å². The fourth-order valence-electron chi connectivity index (χ4n) is 1.99. The lowest BCUT2D eigenvalue weighted by Crippen LogP contribution is -2.18. The average Bonchev–Trinajstić information content (AvgIpc) is 2.46. The molecule has 0 aliphatic rings. The zero-order valence-corrected chi connectivity index (χ0v) is 13.1. The van der Waals surface area contributed by atoms with Crippen LogP contribution in [0.25, 0.3) is 0 Å². The third-order valence-corrected chi connectivity index (χ3v) is 4.03. The molecule has 106 valence electrons. The Morgan fingerprint density at radius 3 is 2.70 bits per heavy atom. The third kappa shape index (κ3) is 3.52. The van der Waals surface area contributed by atoms with Gasteiger partial charge in [-0.2, -0.15) is 0 Å². The van der Waals surface area contributed by atoms with E-state index in [0.717, 1.165) is 16.6 Å². The van der Waals surface area contributed by atoms with E-state index in [1.54, 1.807) is 13.2 Å². The molecule has 20 heavy (non-hydrogen) atoms. The molecule has 0 fully saturated rings. The fourth-order valence-corrected chi connectivity index (χ4v) is 2.41. The summed E-state index contributed by atoms with van der Waals surface area (Å²) in [6, 6.07) is 13.7. The average molecular weight is 336 g/mol. The number of nitrogens with one attached hydrogen (secondary N) is 1. The van der Waals surface area contributed by atoms with Crippen molar-refractivity contribution in [2.45, 2.75) is 19.5 Å². The molecule has 1 atom stereocenters. The molecule has 0 radical (unpaired) electrons. The zero-order chi connectivity index (χ0) is 14.5. The van der Waals surface area contributed by atoms with Crippen molar-refractivity contribution in [2.75, 3.05) is 7.11 Å². The molecule has 3 nitrogen and oxygen atoms in total. The van der Waals surface area contributed by atoms with Crippen molar-refractivity contribution in [3.63, 3.8) is 0 Å². The van der Waals surface area contributed by atoms with Gasteiger partial charge in [-0.1, -0.05) is 40.2 Å². The first-order chi connectivity index (χ1) is 9.61. The number of ether oxygens (including phenoxy) is 1. The van der Waals surface area contributed by atoms with E-state index in [4.69, 9.17) is 4.74 Å². The smallest absolute Gasteiger partial charge is 0.160 e. The van der Waals surface area contributed by atoms with Crippen LogP contribution in [0.3, 0.4) is 0 Å². The second-order valence-electron chi connectivity index (χ2n) is 4.63. The molecule has 0 aliphatic heterocycles. The Hall–Kier alpha value is -1.52. The molecule has 0 amide bonds. The predicted molar refractivity (Wildman–Crippen MR) is 84.1 cm³/mol. The maximum atomic E-state index is 9.61. The highest BCUT2D eigenvalue weighted by Crippen LogP contribution is 2.29. The Kier molecular flexibility index (Phi) is 5.04. The number of hydrogen-bond acceptors (Lipinski definition) is 3. The van der Waals surface area contributed by atoms with E-state index in [-0.39, 0.29) is 11.8 Å². The lowest BCUT2D eigenvalue weighted by atomic mass is 10.1. The predicted octanol–water partition coefficient (Wildman–Crippen LogP) is 4.01. The first kappa shape index (κ1) is 14.9. The second kappa shape index (κ2) is 6.77. The zero-order valence-electron chi connectivity index (χ0n) is 11.6. The van der Waals surface area contributed by atoms with Crippen LogP contribution in [0.1, 0.15) is 24.1 Å². The van der Waals surface area contributed by atoms with Gasteiger partial charge in [0.2, 0.25) is 0 Å². The van der Waals surface area contributed by atoms with Gasteiger partial charge in [0.15, 0.2) is 11.5 Å². The minimum atomic E-state index is 0.161. The quantitative estimate of drug-likeness (QED) is 0.867. The number of aromatic hydroxyl groups is 1. The Morgan fingerprint density at radius 1 is 1.25 bits per heavy atom. The number of methoxy groups -OCH3 is 1. The van der Waals surface area contributed by atoms with Gasteiger partial charge in [-0.05, 0) is 36.2 Å². The van der Waals surface area contributed by atoms with E-state index < -0.39 is 0 Å². The molecule has 2 N–H and O–H groups in total. The second-order valence-corrected chi connectivity index (χ2v) is 5.48. The van der Waals surface area contributed by atoms with Crippen molar-refractivity contribution in [2.24, 2.45) is 0 Å². The van der Waals surface area contributed by atoms with Crippen molar-refractivity contribution in [1.82, 2.24) is 5.32 Å². The molecule has 2 aromatic carbocycles. The maximum Gasteiger partial charge on any atom is 0.160 e. The molecule has 0 heterocycles. The SMILES string of the molecule is COc1cc(C(C)NCc2ccccc2Br)ccc1O. The standard InChI is InChI=1S/C16H18BrNO2/c1-11(12-7-8-15(19)16(9-12)20-2)18-10-13-5-3-4-6-14(13)17/h3-9,11,18-19H,10H2,1-2H3. The van der Waals surface area contributed by atoms with E-state index in [0.29, 0.717) is 5.75 Å². The summed E-state index contributed by atoms with van der Waals surface area (Å²) >= 11 is 3.54. The van der Waals surface area contributed by atoms with Gasteiger partial charge in [0.05, 0.1) is 7.11 Å². The van der Waals surface area contributed by atoms with Gasteiger partial charge in [-0.25, -0.2) is 0 Å². The Balaban J connectivity index is 2.05. The molecule has 0 aliphatic carbocycles. The van der Waals surface area contributed by atoms with Gasteiger partial charge < -0.3 is 15.2 Å². The summed E-state index contributed by atoms with van der Waals surface area (Å²) in [4.78, 5) is 0. The number of halogens is 1. The van der Waals surface area contributed by atoms with Crippen molar-refractivity contribution in [3.05, 3.63) is 58.1 Å². The van der Waals surface area contributed by atoms with Gasteiger partial charge in [0.25, 0.3) is 0 Å². The molecule has 1 unspecified atom stereocenters. The summed E-state index contributed by atoms with van der Waals surface area (Å²) in [5, 5.41) is 13.1. The number of hydrogen-bond donors (Lipinski definition) is 2. The fraction of sp³-hybridized carbons (Fsp3) is 0.250. The van der Waals surface area contributed by atoms with Crippen LogP contribution in [0.15, 0.2) is 46.9 Å². The van der Waals surface area contributed by atoms with Crippen LogP contribution in [0.4, 0.5) is 0 Å². The molecule has 2 aromatic rings. The molecule has 0 saturated heterocycles. The van der Waals surface area contributed by atoms with Crippen LogP contribution < -0.4 is 10.1 Å². The number of phenolic OH excluding ortho intramolecular Hbond substituents is 1. The van der Waals surface area contributed by atoms with Gasteiger partial charge in [-0.15, -0.1) is 0 Å². The number of benzene rings is 2. The van der Waals surface area contributed by atoms with Crippen LogP contribution >= 0.6 is 15.9 Å². The topological polar surface area (TPSA) is 41.5 Å². The molecular weight excluding hydrogens is 318 g/mol. The molecule has 0 saturated carbocycles. The molecule has 4 heteroatoms. The van der Waals surface area contributed by atoms with Crippen LogP contribution in [0.5, 0.6) is 11.5 Å². The number of rotatable bonds is 5. The summed E-state index contributed by atoms with van der Waals surface area (Å²) < 4.78 is 6.23. The Labute approximate surface area is 127 Å². The first-order valence-corrected chi connectivity index (χ1v) is 7.25. The Bertz CT molecular complexity index is 586. The summed E-state index contributed by atoms with van der Waals surface area (Å²) in [6.45, 7) is 2.86. The highest BCUT2D eigenvalue weighted by atomic mass is 79.9. The lowest BCUT2D eigenvalue weighted by molar-refractivity contribution is 0.372. The van der Waals surface area contributed by atoms with Crippen molar-refractivity contribution < 1.29 is 9.84 Å². The van der Waals surface area contributed by atoms with Crippen molar-refractivity contribution >= 4 is 15.9 Å². The highest BCUT2D eigenvalue weighted by Gasteiger charge is 2.09. The van der Waals surface area contributed by atoms with Crippen LogP contribution in [0, 0.1) is 0 Å². The lowest BCUT2D eigenvalue weighted by Gasteiger charge is -2.16. The summed E-state index contributed by atoms with van der Waals surface area (Å²) in [5.41, 5.74) is 2.29. The van der Waals surface area contributed by atoms with Crippen molar-refractivity contribution in [3.8, 4) is 11.5 Å². The van der Waals surface area contributed by atoms with E-state index in [2.05, 4.69) is 34.2 Å². The van der Waals surface area contributed by atoms with Crippen LogP contribution in [0.2, 0.25) is 0 Å². The summed E-state index contributed by atoms with van der Waals surface area (Å²) in [6.07, 6.45) is 0. The van der Waals surface area contributed by atoms with E-state index in [1.807, 2.05) is 30.3 Å². The van der Waals surface area contributed by atoms with Gasteiger partial charge in [-0.3, -0.25) is 0 Å². The molecule has 0 aromatic heterocycles. The number of phenols is 1. The first-order valence-electron chi connectivity index (χ1n) is 6.45. The normalized spacial score (nSPS) is 12.2. The van der Waals surface area contributed by atoms with Crippen molar-refractivity contribution in [1.29, 1.82) is 0 Å².